The van der Waals surface area contributed by atoms with Crippen LogP contribution in [0.15, 0.2) is 11.6 Å². The highest BCUT2D eigenvalue weighted by Gasteiger charge is 2.31. The van der Waals surface area contributed by atoms with Crippen LogP contribution in [0.4, 0.5) is 13.2 Å². The summed E-state index contributed by atoms with van der Waals surface area (Å²) in [6.07, 6.45) is -3.60. The van der Waals surface area contributed by atoms with Crippen LogP contribution in [0.2, 0.25) is 0 Å². The van der Waals surface area contributed by atoms with Gasteiger partial charge in [-0.15, -0.1) is 13.2 Å². The first-order chi connectivity index (χ1) is 4.58. The van der Waals surface area contributed by atoms with Crippen LogP contribution in [0.1, 0.15) is 0 Å². The molecular weight excluding hydrogens is 167 g/mol. The van der Waals surface area contributed by atoms with Crippen molar-refractivity contribution >= 4 is 11.5 Å². The fourth-order valence-corrected chi connectivity index (χ4v) is 0.818. The Morgan fingerprint density at radius 2 is 2.20 bits per heavy atom. The maximum absolute atomic E-state index is 11.4. The summed E-state index contributed by atoms with van der Waals surface area (Å²) in [5.41, 5.74) is 0. The fourth-order valence-electron chi connectivity index (χ4n) is 0.379. The molecule has 0 saturated heterocycles. The van der Waals surface area contributed by atoms with Crippen molar-refractivity contribution in [2.75, 3.05) is 0 Å². The molecule has 0 spiro atoms. The van der Waals surface area contributed by atoms with Crippen molar-refractivity contribution in [2.45, 2.75) is 6.36 Å². The summed E-state index contributed by atoms with van der Waals surface area (Å²) < 4.78 is 41.0. The number of hydrogen-bond donors (Lipinski definition) is 0. The molecule has 56 valence electrons. The molecule has 0 fully saturated rings. The quantitative estimate of drug-likeness (QED) is 0.641. The number of alkyl halides is 3. The third kappa shape index (κ3) is 2.22. The highest BCUT2D eigenvalue weighted by molar-refractivity contribution is 7.03. The maximum atomic E-state index is 11.4. The first kappa shape index (κ1) is 7.33. The molecule has 0 aliphatic carbocycles. The lowest BCUT2D eigenvalue weighted by molar-refractivity contribution is -0.274. The number of rotatable bonds is 1. The van der Waals surface area contributed by atoms with E-state index < -0.39 is 6.36 Å². The van der Waals surface area contributed by atoms with Gasteiger partial charge in [-0.05, 0) is 11.5 Å². The number of hydrogen-bond acceptors (Lipinski definition) is 3. The van der Waals surface area contributed by atoms with Gasteiger partial charge in [0.1, 0.15) is 0 Å². The molecule has 0 saturated carbocycles. The van der Waals surface area contributed by atoms with Crippen LogP contribution in [-0.2, 0) is 0 Å². The van der Waals surface area contributed by atoms with E-state index in [1.807, 2.05) is 0 Å². The summed E-state index contributed by atoms with van der Waals surface area (Å²) in [7, 11) is 0. The standard InChI is InChI=1S/C4H2F3NOS/c5-4(6,7)9-3-1-8-10-2-3/h1-2H. The molecule has 1 aromatic heterocycles. The van der Waals surface area contributed by atoms with Crippen LogP contribution in [0.3, 0.4) is 0 Å². The molecule has 1 rings (SSSR count). The van der Waals surface area contributed by atoms with Crippen LogP contribution in [0.5, 0.6) is 5.75 Å². The Morgan fingerprint density at radius 1 is 1.50 bits per heavy atom. The zero-order chi connectivity index (χ0) is 7.61. The molecule has 2 nitrogen and oxygen atoms in total. The van der Waals surface area contributed by atoms with E-state index in [1.165, 1.54) is 5.38 Å². The highest BCUT2D eigenvalue weighted by Crippen LogP contribution is 2.22. The van der Waals surface area contributed by atoms with Crippen molar-refractivity contribution in [2.24, 2.45) is 0 Å². The van der Waals surface area contributed by atoms with Crippen molar-refractivity contribution in [3.8, 4) is 5.75 Å². The fraction of sp³-hybridized carbons (Fsp3) is 0.250. The van der Waals surface area contributed by atoms with E-state index in [0.29, 0.717) is 0 Å². The van der Waals surface area contributed by atoms with Crippen molar-refractivity contribution in [1.82, 2.24) is 4.37 Å². The van der Waals surface area contributed by atoms with E-state index in [2.05, 4.69) is 9.11 Å². The van der Waals surface area contributed by atoms with Crippen molar-refractivity contribution < 1.29 is 17.9 Å². The molecule has 6 heteroatoms. The van der Waals surface area contributed by atoms with Gasteiger partial charge in [-0.3, -0.25) is 0 Å². The van der Waals surface area contributed by atoms with Gasteiger partial charge in [0.05, 0.1) is 11.6 Å². The molecular formula is C4H2F3NOS. The predicted octanol–water partition coefficient (Wildman–Crippen LogP) is 2.04. The molecule has 10 heavy (non-hydrogen) atoms. The average molecular weight is 169 g/mol. The minimum absolute atomic E-state index is 0.266. The molecule has 0 aliphatic rings. The van der Waals surface area contributed by atoms with Gasteiger partial charge in [-0.1, -0.05) is 0 Å². The normalized spacial score (nSPS) is 11.5. The van der Waals surface area contributed by atoms with Crippen LogP contribution in [-0.4, -0.2) is 10.7 Å². The van der Waals surface area contributed by atoms with Gasteiger partial charge in [-0.25, -0.2) is 0 Å². The second-order valence-corrected chi connectivity index (χ2v) is 2.07. The van der Waals surface area contributed by atoms with E-state index in [4.69, 9.17) is 0 Å². The zero-order valence-electron chi connectivity index (χ0n) is 4.55. The Hall–Kier alpha value is -0.780. The molecule has 0 aliphatic heterocycles. The van der Waals surface area contributed by atoms with Crippen molar-refractivity contribution in [1.29, 1.82) is 0 Å². The van der Waals surface area contributed by atoms with E-state index in [1.54, 1.807) is 0 Å². The molecule has 1 aromatic rings. The largest absolute Gasteiger partial charge is 0.573 e. The Kier molecular flexibility index (Phi) is 1.80. The molecule has 0 amide bonds. The Morgan fingerprint density at radius 3 is 2.60 bits per heavy atom. The minimum Gasteiger partial charge on any atom is -0.403 e. The lowest BCUT2D eigenvalue weighted by Gasteiger charge is -2.04. The average Bonchev–Trinajstić information content (AvgIpc) is 2.12. The number of aromatic nitrogens is 1. The minimum atomic E-state index is -4.61. The molecule has 0 bridgehead atoms. The summed E-state index contributed by atoms with van der Waals surface area (Å²) in [4.78, 5) is 0. The predicted molar refractivity (Wildman–Crippen MR) is 28.8 cm³/mol. The van der Waals surface area contributed by atoms with Gasteiger partial charge in [-0.2, -0.15) is 4.37 Å². The first-order valence-electron chi connectivity index (χ1n) is 2.23. The molecule has 0 unspecified atom stereocenters. The van der Waals surface area contributed by atoms with Crippen LogP contribution >= 0.6 is 11.5 Å². The monoisotopic (exact) mass is 169 g/mol. The van der Waals surface area contributed by atoms with Gasteiger partial charge in [0.25, 0.3) is 0 Å². The molecule has 1 heterocycles. The van der Waals surface area contributed by atoms with E-state index in [0.717, 1.165) is 17.7 Å². The number of halogens is 3. The van der Waals surface area contributed by atoms with Crippen LogP contribution < -0.4 is 4.74 Å². The van der Waals surface area contributed by atoms with E-state index in [9.17, 15) is 13.2 Å². The van der Waals surface area contributed by atoms with Gasteiger partial charge < -0.3 is 4.74 Å². The van der Waals surface area contributed by atoms with Crippen LogP contribution in [0.25, 0.3) is 0 Å². The van der Waals surface area contributed by atoms with E-state index in [-0.39, 0.29) is 5.75 Å². The summed E-state index contributed by atoms with van der Waals surface area (Å²) >= 11 is 0.905. The third-order valence-corrected chi connectivity index (χ3v) is 1.21. The van der Waals surface area contributed by atoms with Gasteiger partial charge in [0, 0.05) is 0 Å². The molecule has 0 radical (unpaired) electrons. The van der Waals surface area contributed by atoms with E-state index >= 15 is 0 Å². The number of nitrogens with zero attached hydrogens (tertiary/aromatic N) is 1. The topological polar surface area (TPSA) is 22.1 Å². The summed E-state index contributed by atoms with van der Waals surface area (Å²) in [5, 5.41) is 1.17. The maximum Gasteiger partial charge on any atom is 0.573 e. The summed E-state index contributed by atoms with van der Waals surface area (Å²) in [6.45, 7) is 0. The summed E-state index contributed by atoms with van der Waals surface area (Å²) in [6, 6.07) is 0. The Labute approximate surface area is 58.4 Å². The molecule has 0 atom stereocenters. The Balaban J connectivity index is 2.57. The van der Waals surface area contributed by atoms with Crippen molar-refractivity contribution in [3.05, 3.63) is 11.6 Å². The smallest absolute Gasteiger partial charge is 0.403 e. The first-order valence-corrected chi connectivity index (χ1v) is 3.07. The third-order valence-electron chi connectivity index (χ3n) is 0.643. The second kappa shape index (κ2) is 2.45. The SMILES string of the molecule is FC(F)(F)Oc1cnsc1. The van der Waals surface area contributed by atoms with Crippen LogP contribution in [0, 0.1) is 0 Å². The van der Waals surface area contributed by atoms with Gasteiger partial charge in [0.2, 0.25) is 0 Å². The number of ether oxygens (including phenoxy) is 1. The lowest BCUT2D eigenvalue weighted by atomic mass is 10.7. The zero-order valence-corrected chi connectivity index (χ0v) is 5.37. The lowest BCUT2D eigenvalue weighted by Crippen LogP contribution is -2.16. The Bertz CT molecular complexity index is 195. The summed E-state index contributed by atoms with van der Waals surface area (Å²) in [5.74, 6) is -0.266. The van der Waals surface area contributed by atoms with Gasteiger partial charge in [0.15, 0.2) is 5.75 Å². The van der Waals surface area contributed by atoms with Gasteiger partial charge >= 0.3 is 6.36 Å². The van der Waals surface area contributed by atoms with Crippen molar-refractivity contribution in [3.63, 3.8) is 0 Å². The molecule has 0 N–H and O–H groups in total. The highest BCUT2D eigenvalue weighted by atomic mass is 32.1. The second-order valence-electron chi connectivity index (χ2n) is 1.41. The molecule has 0 aromatic carbocycles.